The predicted octanol–water partition coefficient (Wildman–Crippen LogP) is 1.43. The van der Waals surface area contributed by atoms with Gasteiger partial charge in [0, 0.05) is 17.9 Å². The quantitative estimate of drug-likeness (QED) is 0.544. The van der Waals surface area contributed by atoms with Crippen molar-refractivity contribution in [3.05, 3.63) is 24.0 Å². The number of carbonyl (C=O) groups is 1. The van der Waals surface area contributed by atoms with Crippen LogP contribution in [0.5, 0.6) is 0 Å². The number of hydrogen-bond acceptors (Lipinski definition) is 4. The minimum Gasteiger partial charge on any atom is -0.347 e. The average Bonchev–Trinajstić information content (AvgIpc) is 2.33. The van der Waals surface area contributed by atoms with E-state index >= 15 is 0 Å². The number of rotatable bonds is 4. The predicted molar refractivity (Wildman–Crippen MR) is 66.4 cm³/mol. The van der Waals surface area contributed by atoms with Gasteiger partial charge in [0.2, 0.25) is 0 Å². The van der Waals surface area contributed by atoms with Crippen molar-refractivity contribution in [2.24, 2.45) is 5.84 Å². The van der Waals surface area contributed by atoms with E-state index in [1.54, 1.807) is 12.3 Å². The molecule has 1 aromatic rings. The van der Waals surface area contributed by atoms with Crippen molar-refractivity contribution in [2.75, 3.05) is 5.43 Å². The molecule has 1 aliphatic carbocycles. The van der Waals surface area contributed by atoms with Gasteiger partial charge in [-0.15, -0.1) is 0 Å². The molecule has 1 heterocycles. The van der Waals surface area contributed by atoms with Crippen molar-refractivity contribution in [1.82, 2.24) is 10.3 Å². The van der Waals surface area contributed by atoms with Gasteiger partial charge in [-0.1, -0.05) is 6.92 Å². The molecule has 5 heteroatoms. The van der Waals surface area contributed by atoms with Crippen LogP contribution in [0.2, 0.25) is 0 Å². The van der Waals surface area contributed by atoms with Crippen LogP contribution in [0.3, 0.4) is 0 Å². The normalized spacial score (nSPS) is 17.1. The van der Waals surface area contributed by atoms with Crippen LogP contribution in [0.4, 0.5) is 5.69 Å². The lowest BCUT2D eigenvalue weighted by molar-refractivity contribution is 0.0821. The highest BCUT2D eigenvalue weighted by Crippen LogP contribution is 2.35. The lowest BCUT2D eigenvalue weighted by atomic mass is 9.74. The molecule has 0 unspecified atom stereocenters. The number of pyridine rings is 1. The molecule has 0 radical (unpaired) electrons. The topological polar surface area (TPSA) is 80.0 Å². The summed E-state index contributed by atoms with van der Waals surface area (Å²) in [6.45, 7) is 2.10. The standard InChI is InChI=1S/C12H18N4O/c1-2-12(5-3-6-12)15-11(17)9-8-14-7-4-10(9)16-13/h4,7-8H,2-3,5-6,13H2,1H3,(H,14,16)(H,15,17). The molecule has 1 fully saturated rings. The van der Waals surface area contributed by atoms with E-state index in [4.69, 9.17) is 5.84 Å². The lowest BCUT2D eigenvalue weighted by Crippen LogP contribution is -2.53. The zero-order valence-electron chi connectivity index (χ0n) is 9.99. The Bertz CT molecular complexity index is 409. The molecule has 1 amide bonds. The molecule has 4 N–H and O–H groups in total. The maximum atomic E-state index is 12.1. The molecule has 0 bridgehead atoms. The van der Waals surface area contributed by atoms with Gasteiger partial charge >= 0.3 is 0 Å². The van der Waals surface area contributed by atoms with E-state index in [1.807, 2.05) is 0 Å². The zero-order valence-corrected chi connectivity index (χ0v) is 9.99. The van der Waals surface area contributed by atoms with Crippen LogP contribution in [0.1, 0.15) is 43.0 Å². The van der Waals surface area contributed by atoms with E-state index in [0.29, 0.717) is 11.3 Å². The first-order chi connectivity index (χ1) is 8.21. The molecule has 5 nitrogen and oxygen atoms in total. The lowest BCUT2D eigenvalue weighted by Gasteiger charge is -2.42. The first-order valence-corrected chi connectivity index (χ1v) is 5.94. The Kier molecular flexibility index (Phi) is 3.28. The third kappa shape index (κ3) is 2.24. The van der Waals surface area contributed by atoms with Crippen LogP contribution in [0.15, 0.2) is 18.5 Å². The second kappa shape index (κ2) is 4.71. The average molecular weight is 234 g/mol. The van der Waals surface area contributed by atoms with E-state index in [1.165, 1.54) is 12.6 Å². The number of hydrogen-bond donors (Lipinski definition) is 3. The highest BCUT2D eigenvalue weighted by Gasteiger charge is 2.36. The maximum Gasteiger partial charge on any atom is 0.255 e. The maximum absolute atomic E-state index is 12.1. The number of nitrogens with two attached hydrogens (primary N) is 1. The molecule has 1 saturated carbocycles. The summed E-state index contributed by atoms with van der Waals surface area (Å²) in [5.74, 6) is 5.27. The zero-order chi connectivity index (χ0) is 12.3. The fourth-order valence-corrected chi connectivity index (χ4v) is 2.18. The summed E-state index contributed by atoms with van der Waals surface area (Å²) < 4.78 is 0. The van der Waals surface area contributed by atoms with Gasteiger partial charge in [0.25, 0.3) is 5.91 Å². The van der Waals surface area contributed by atoms with Gasteiger partial charge in [0.1, 0.15) is 0 Å². The fourth-order valence-electron chi connectivity index (χ4n) is 2.18. The number of aromatic nitrogens is 1. The Balaban J connectivity index is 2.14. The van der Waals surface area contributed by atoms with Crippen LogP contribution in [-0.2, 0) is 0 Å². The molecular weight excluding hydrogens is 216 g/mol. The van der Waals surface area contributed by atoms with Gasteiger partial charge < -0.3 is 10.7 Å². The highest BCUT2D eigenvalue weighted by molar-refractivity contribution is 5.99. The summed E-state index contributed by atoms with van der Waals surface area (Å²) in [6, 6.07) is 1.69. The number of nitrogens with one attached hydrogen (secondary N) is 2. The summed E-state index contributed by atoms with van der Waals surface area (Å²) in [4.78, 5) is 16.1. The molecule has 1 aromatic heterocycles. The monoisotopic (exact) mass is 234 g/mol. The summed E-state index contributed by atoms with van der Waals surface area (Å²) in [7, 11) is 0. The number of amides is 1. The molecular formula is C12H18N4O. The second-order valence-corrected chi connectivity index (χ2v) is 4.51. The Hall–Kier alpha value is -1.62. The number of carbonyl (C=O) groups excluding carboxylic acids is 1. The second-order valence-electron chi connectivity index (χ2n) is 4.51. The van der Waals surface area contributed by atoms with Gasteiger partial charge in [-0.25, -0.2) is 0 Å². The van der Waals surface area contributed by atoms with Gasteiger partial charge in [-0.3, -0.25) is 15.6 Å². The van der Waals surface area contributed by atoms with Crippen LogP contribution in [0.25, 0.3) is 0 Å². The van der Waals surface area contributed by atoms with Crippen LogP contribution in [-0.4, -0.2) is 16.4 Å². The number of nitrogens with zero attached hydrogens (tertiary/aromatic N) is 1. The van der Waals surface area contributed by atoms with Crippen molar-refractivity contribution in [2.45, 2.75) is 38.1 Å². The van der Waals surface area contributed by atoms with Crippen LogP contribution in [0, 0.1) is 0 Å². The molecule has 92 valence electrons. The molecule has 0 saturated heterocycles. The van der Waals surface area contributed by atoms with E-state index < -0.39 is 0 Å². The fraction of sp³-hybridized carbons (Fsp3) is 0.500. The minimum atomic E-state index is -0.104. The highest BCUT2D eigenvalue weighted by atomic mass is 16.1. The largest absolute Gasteiger partial charge is 0.347 e. The first kappa shape index (κ1) is 11.9. The molecule has 2 rings (SSSR count). The molecule has 0 spiro atoms. The third-order valence-electron chi connectivity index (χ3n) is 3.59. The van der Waals surface area contributed by atoms with Gasteiger partial charge in [-0.05, 0) is 31.7 Å². The van der Waals surface area contributed by atoms with Crippen molar-refractivity contribution in [3.63, 3.8) is 0 Å². The first-order valence-electron chi connectivity index (χ1n) is 5.94. The Morgan fingerprint density at radius 1 is 1.59 bits per heavy atom. The summed E-state index contributed by atoms with van der Waals surface area (Å²) >= 11 is 0. The van der Waals surface area contributed by atoms with E-state index in [2.05, 4.69) is 22.7 Å². The number of hydrazine groups is 1. The van der Waals surface area contributed by atoms with Gasteiger partial charge in [0.15, 0.2) is 0 Å². The summed E-state index contributed by atoms with van der Waals surface area (Å²) in [5.41, 5.74) is 3.60. The molecule has 0 aliphatic heterocycles. The Labute approximate surface area is 101 Å². The molecule has 0 aromatic carbocycles. The van der Waals surface area contributed by atoms with Crippen molar-refractivity contribution < 1.29 is 4.79 Å². The number of anilines is 1. The summed E-state index contributed by atoms with van der Waals surface area (Å²) in [5, 5.41) is 3.10. The SMILES string of the molecule is CCC1(NC(=O)c2cnccc2NN)CCC1. The van der Waals surface area contributed by atoms with Crippen LogP contribution < -0.4 is 16.6 Å². The van der Waals surface area contributed by atoms with E-state index in [-0.39, 0.29) is 11.4 Å². The molecule has 0 atom stereocenters. The minimum absolute atomic E-state index is 0.0151. The van der Waals surface area contributed by atoms with E-state index in [0.717, 1.165) is 19.3 Å². The van der Waals surface area contributed by atoms with Gasteiger partial charge in [-0.2, -0.15) is 0 Å². The third-order valence-corrected chi connectivity index (χ3v) is 3.59. The van der Waals surface area contributed by atoms with Crippen molar-refractivity contribution >= 4 is 11.6 Å². The van der Waals surface area contributed by atoms with Crippen molar-refractivity contribution in [3.8, 4) is 0 Å². The number of nitrogen functional groups attached to an aromatic ring is 1. The summed E-state index contributed by atoms with van der Waals surface area (Å²) in [6.07, 6.45) is 7.40. The Morgan fingerprint density at radius 2 is 2.35 bits per heavy atom. The smallest absolute Gasteiger partial charge is 0.255 e. The van der Waals surface area contributed by atoms with Crippen LogP contribution >= 0.6 is 0 Å². The van der Waals surface area contributed by atoms with Crippen molar-refractivity contribution in [1.29, 1.82) is 0 Å². The van der Waals surface area contributed by atoms with E-state index in [9.17, 15) is 4.79 Å². The molecule has 17 heavy (non-hydrogen) atoms. The van der Waals surface area contributed by atoms with Gasteiger partial charge in [0.05, 0.1) is 11.3 Å². The Morgan fingerprint density at radius 3 is 2.88 bits per heavy atom. The molecule has 1 aliphatic rings.